The third-order valence-electron chi connectivity index (χ3n) is 3.18. The molecule has 7 nitrogen and oxygen atoms in total. The summed E-state index contributed by atoms with van der Waals surface area (Å²) in [4.78, 5) is 12.6. The molecule has 0 aliphatic carbocycles. The van der Waals surface area contributed by atoms with Gasteiger partial charge in [0.15, 0.2) is 5.65 Å². The molecular formula is C13H13N5O2S. The van der Waals surface area contributed by atoms with E-state index in [1.54, 1.807) is 23.9 Å². The first-order valence-electron chi connectivity index (χ1n) is 6.14. The average molecular weight is 303 g/mol. The van der Waals surface area contributed by atoms with Crippen molar-refractivity contribution in [2.24, 2.45) is 12.2 Å². The first-order valence-corrected chi connectivity index (χ1v) is 7.69. The molecule has 0 atom stereocenters. The van der Waals surface area contributed by atoms with Gasteiger partial charge >= 0.3 is 0 Å². The van der Waals surface area contributed by atoms with Gasteiger partial charge in [0.1, 0.15) is 16.2 Å². The molecule has 2 N–H and O–H groups in total. The van der Waals surface area contributed by atoms with Crippen LogP contribution in [-0.4, -0.2) is 27.9 Å². The lowest BCUT2D eigenvalue weighted by molar-refractivity contribution is 0.597. The summed E-state index contributed by atoms with van der Waals surface area (Å²) in [6, 6.07) is 3.47. The predicted molar refractivity (Wildman–Crippen MR) is 77.9 cm³/mol. The highest BCUT2D eigenvalue weighted by molar-refractivity contribution is 7.89. The zero-order valence-electron chi connectivity index (χ0n) is 11.5. The molecule has 3 aromatic rings. The number of rotatable bonds is 2. The number of aromatic nitrogens is 4. The van der Waals surface area contributed by atoms with E-state index in [0.29, 0.717) is 22.6 Å². The van der Waals surface area contributed by atoms with E-state index in [4.69, 9.17) is 5.14 Å². The van der Waals surface area contributed by atoms with Gasteiger partial charge in [0.05, 0.1) is 0 Å². The topological polar surface area (TPSA) is 104 Å². The number of nitrogens with zero attached hydrogens (tertiary/aromatic N) is 4. The maximum Gasteiger partial charge on any atom is 0.240 e. The summed E-state index contributed by atoms with van der Waals surface area (Å²) >= 11 is 0. The fourth-order valence-corrected chi connectivity index (χ4v) is 2.88. The lowest BCUT2D eigenvalue weighted by Crippen LogP contribution is -2.14. The number of aryl methyl sites for hydroxylation is 2. The van der Waals surface area contributed by atoms with E-state index in [-0.39, 0.29) is 4.90 Å². The number of imidazole rings is 1. The summed E-state index contributed by atoms with van der Waals surface area (Å²) in [7, 11) is -2.10. The van der Waals surface area contributed by atoms with E-state index in [9.17, 15) is 8.42 Å². The number of pyridine rings is 2. The van der Waals surface area contributed by atoms with Gasteiger partial charge in [0.25, 0.3) is 0 Å². The Kier molecular flexibility index (Phi) is 2.99. The molecule has 0 saturated heterocycles. The molecule has 3 aromatic heterocycles. The Labute approximate surface area is 121 Å². The highest BCUT2D eigenvalue weighted by Gasteiger charge is 2.20. The lowest BCUT2D eigenvalue weighted by Gasteiger charge is -2.06. The van der Waals surface area contributed by atoms with Crippen LogP contribution >= 0.6 is 0 Å². The highest BCUT2D eigenvalue weighted by Crippen LogP contribution is 2.27. The van der Waals surface area contributed by atoms with Gasteiger partial charge in [-0.3, -0.25) is 4.98 Å². The van der Waals surface area contributed by atoms with Crippen molar-refractivity contribution < 1.29 is 8.42 Å². The first-order chi connectivity index (χ1) is 9.88. The molecular weight excluding hydrogens is 290 g/mol. The molecule has 108 valence electrons. The first kappa shape index (κ1) is 13.7. The number of hydrogen-bond donors (Lipinski definition) is 1. The molecule has 0 amide bonds. The number of hydrogen-bond acceptors (Lipinski definition) is 5. The zero-order valence-corrected chi connectivity index (χ0v) is 12.3. The van der Waals surface area contributed by atoms with Crippen molar-refractivity contribution in [3.63, 3.8) is 0 Å². The summed E-state index contributed by atoms with van der Waals surface area (Å²) in [5.74, 6) is 0.481. The van der Waals surface area contributed by atoms with Gasteiger partial charge in [-0.1, -0.05) is 0 Å². The van der Waals surface area contributed by atoms with Crippen LogP contribution in [-0.2, 0) is 17.1 Å². The Balaban J connectivity index is 2.34. The molecule has 0 spiro atoms. The quantitative estimate of drug-likeness (QED) is 0.760. The molecule has 21 heavy (non-hydrogen) atoms. The minimum absolute atomic E-state index is 0.0554. The SMILES string of the molecule is Cc1cnc2c(c1)nc(-c1ccncc1S(N)(=O)=O)n2C. The van der Waals surface area contributed by atoms with E-state index in [0.717, 1.165) is 5.56 Å². The second-order valence-electron chi connectivity index (χ2n) is 4.77. The monoisotopic (exact) mass is 303 g/mol. The fraction of sp³-hybridized carbons (Fsp3) is 0.154. The molecule has 0 radical (unpaired) electrons. The second kappa shape index (κ2) is 4.61. The van der Waals surface area contributed by atoms with Crippen molar-refractivity contribution in [1.82, 2.24) is 19.5 Å². The highest BCUT2D eigenvalue weighted by atomic mass is 32.2. The van der Waals surface area contributed by atoms with Crippen LogP contribution in [0.3, 0.4) is 0 Å². The van der Waals surface area contributed by atoms with Crippen molar-refractivity contribution >= 4 is 21.2 Å². The van der Waals surface area contributed by atoms with Crippen molar-refractivity contribution in [1.29, 1.82) is 0 Å². The number of fused-ring (bicyclic) bond motifs is 1. The summed E-state index contributed by atoms with van der Waals surface area (Å²) in [6.45, 7) is 1.92. The number of nitrogens with two attached hydrogens (primary N) is 1. The normalized spacial score (nSPS) is 12.0. The molecule has 0 saturated carbocycles. The van der Waals surface area contributed by atoms with E-state index < -0.39 is 10.0 Å². The Bertz CT molecular complexity index is 946. The maximum absolute atomic E-state index is 11.7. The second-order valence-corrected chi connectivity index (χ2v) is 6.30. The minimum Gasteiger partial charge on any atom is -0.312 e. The average Bonchev–Trinajstić information content (AvgIpc) is 2.74. The van der Waals surface area contributed by atoms with E-state index >= 15 is 0 Å². The van der Waals surface area contributed by atoms with Crippen molar-refractivity contribution in [2.75, 3.05) is 0 Å². The smallest absolute Gasteiger partial charge is 0.240 e. The minimum atomic E-state index is -3.88. The molecule has 8 heteroatoms. The Morgan fingerprint density at radius 2 is 2.05 bits per heavy atom. The standard InChI is InChI=1S/C13H13N5O2S/c1-8-5-10-13(16-6-8)18(2)12(17-10)9-3-4-15-7-11(9)21(14,19)20/h3-7H,1-2H3,(H2,14,19,20). The third kappa shape index (κ3) is 2.28. The van der Waals surface area contributed by atoms with E-state index in [2.05, 4.69) is 15.0 Å². The fourth-order valence-electron chi connectivity index (χ4n) is 2.21. The maximum atomic E-state index is 11.7. The van der Waals surface area contributed by atoms with Gasteiger partial charge in [0, 0.05) is 31.2 Å². The summed E-state index contributed by atoms with van der Waals surface area (Å²) < 4.78 is 25.1. The van der Waals surface area contributed by atoms with Gasteiger partial charge < -0.3 is 4.57 Å². The van der Waals surface area contributed by atoms with Crippen LogP contribution < -0.4 is 5.14 Å². The summed E-state index contributed by atoms with van der Waals surface area (Å²) in [6.07, 6.45) is 4.46. The van der Waals surface area contributed by atoms with Crippen LogP contribution in [0.4, 0.5) is 0 Å². The van der Waals surface area contributed by atoms with Gasteiger partial charge in [-0.05, 0) is 24.6 Å². The van der Waals surface area contributed by atoms with Crippen LogP contribution in [0.25, 0.3) is 22.6 Å². The summed E-state index contributed by atoms with van der Waals surface area (Å²) in [5.41, 5.74) is 2.76. The molecule has 0 bridgehead atoms. The molecule has 0 aromatic carbocycles. The van der Waals surface area contributed by atoms with Gasteiger partial charge in [-0.25, -0.2) is 23.5 Å². The van der Waals surface area contributed by atoms with E-state index in [1.165, 1.54) is 12.4 Å². The van der Waals surface area contributed by atoms with Gasteiger partial charge in [-0.15, -0.1) is 0 Å². The molecule has 0 unspecified atom stereocenters. The zero-order chi connectivity index (χ0) is 15.2. The molecule has 3 rings (SSSR count). The van der Waals surface area contributed by atoms with Gasteiger partial charge in [-0.2, -0.15) is 0 Å². The number of primary sulfonamides is 1. The molecule has 3 heterocycles. The number of sulfonamides is 1. The van der Waals surface area contributed by atoms with Gasteiger partial charge in [0.2, 0.25) is 10.0 Å². The predicted octanol–water partition coefficient (Wildman–Crippen LogP) is 0.986. The van der Waals surface area contributed by atoms with E-state index in [1.807, 2.05) is 13.0 Å². The van der Waals surface area contributed by atoms with Crippen LogP contribution in [0.15, 0.2) is 35.6 Å². The van der Waals surface area contributed by atoms with Crippen LogP contribution in [0, 0.1) is 6.92 Å². The lowest BCUT2D eigenvalue weighted by atomic mass is 10.2. The van der Waals surface area contributed by atoms with Crippen LogP contribution in [0.1, 0.15) is 5.56 Å². The largest absolute Gasteiger partial charge is 0.312 e. The third-order valence-corrected chi connectivity index (χ3v) is 4.12. The Morgan fingerprint density at radius 1 is 1.29 bits per heavy atom. The molecule has 0 fully saturated rings. The summed E-state index contributed by atoms with van der Waals surface area (Å²) in [5, 5.41) is 5.24. The van der Waals surface area contributed by atoms with Crippen molar-refractivity contribution in [3.05, 3.63) is 36.3 Å². The molecule has 0 aliphatic rings. The Morgan fingerprint density at radius 3 is 2.76 bits per heavy atom. The van der Waals surface area contributed by atoms with Crippen molar-refractivity contribution in [2.45, 2.75) is 11.8 Å². The van der Waals surface area contributed by atoms with Crippen LogP contribution in [0.2, 0.25) is 0 Å². The van der Waals surface area contributed by atoms with Crippen LogP contribution in [0.5, 0.6) is 0 Å². The van der Waals surface area contributed by atoms with Crippen molar-refractivity contribution in [3.8, 4) is 11.4 Å². The molecule has 0 aliphatic heterocycles. The Hall–Kier alpha value is -2.32.